The van der Waals surface area contributed by atoms with Gasteiger partial charge in [-0.2, -0.15) is 13.2 Å². The van der Waals surface area contributed by atoms with E-state index in [4.69, 9.17) is 0 Å². The molecule has 1 aliphatic rings. The first-order valence-corrected chi connectivity index (χ1v) is 10.3. The van der Waals surface area contributed by atoms with E-state index in [2.05, 4.69) is 5.32 Å². The summed E-state index contributed by atoms with van der Waals surface area (Å²) >= 11 is 0. The van der Waals surface area contributed by atoms with E-state index >= 15 is 0 Å². The van der Waals surface area contributed by atoms with Crippen LogP contribution < -0.4 is 5.32 Å². The molecule has 1 aromatic carbocycles. The summed E-state index contributed by atoms with van der Waals surface area (Å²) in [7, 11) is 0. The second-order valence-corrected chi connectivity index (χ2v) is 8.75. The molecule has 1 saturated heterocycles. The molecule has 4 nitrogen and oxygen atoms in total. The maximum atomic E-state index is 13.1. The van der Waals surface area contributed by atoms with Crippen LogP contribution in [0.3, 0.4) is 0 Å². The Kier molecular flexibility index (Phi) is 7.74. The highest BCUT2D eigenvalue weighted by Gasteiger charge is 2.54. The lowest BCUT2D eigenvalue weighted by Gasteiger charge is -2.42. The minimum atomic E-state index is -4.62. The van der Waals surface area contributed by atoms with Crippen molar-refractivity contribution in [3.05, 3.63) is 35.9 Å². The van der Waals surface area contributed by atoms with Crippen molar-refractivity contribution in [3.63, 3.8) is 0 Å². The van der Waals surface area contributed by atoms with Crippen LogP contribution >= 0.6 is 0 Å². The van der Waals surface area contributed by atoms with Gasteiger partial charge in [-0.25, -0.2) is 0 Å². The quantitative estimate of drug-likeness (QED) is 0.678. The second-order valence-electron chi connectivity index (χ2n) is 8.75. The maximum Gasteiger partial charge on any atom is 0.417 e. The normalized spacial score (nSPS) is 19.0. The molecule has 0 saturated carbocycles. The predicted molar refractivity (Wildman–Crippen MR) is 107 cm³/mol. The minimum absolute atomic E-state index is 0.0405. The molecule has 1 fully saturated rings. The third-order valence-electron chi connectivity index (χ3n) is 5.97. The summed E-state index contributed by atoms with van der Waals surface area (Å²) < 4.78 is 39.4. The number of carbonyl (C=O) groups is 1. The molecule has 1 amide bonds. The van der Waals surface area contributed by atoms with Gasteiger partial charge in [0.1, 0.15) is 0 Å². The van der Waals surface area contributed by atoms with E-state index in [1.165, 1.54) is 0 Å². The van der Waals surface area contributed by atoms with E-state index in [0.29, 0.717) is 13.0 Å². The number of hydrogen-bond donors (Lipinski definition) is 2. The molecule has 1 aliphatic heterocycles. The Morgan fingerprint density at radius 2 is 1.79 bits per heavy atom. The van der Waals surface area contributed by atoms with Crippen molar-refractivity contribution >= 4 is 5.91 Å². The van der Waals surface area contributed by atoms with Gasteiger partial charge in [-0.3, -0.25) is 9.69 Å². The smallest absolute Gasteiger partial charge is 0.380 e. The molecule has 1 atom stereocenters. The van der Waals surface area contributed by atoms with Crippen LogP contribution in [0.25, 0.3) is 0 Å². The Morgan fingerprint density at radius 3 is 2.31 bits per heavy atom. The number of amides is 1. The fourth-order valence-corrected chi connectivity index (χ4v) is 3.95. The fourth-order valence-electron chi connectivity index (χ4n) is 3.95. The first kappa shape index (κ1) is 23.7. The Bertz CT molecular complexity index is 654. The second kappa shape index (κ2) is 9.47. The number of aliphatic hydroxyl groups is 1. The molecule has 0 unspecified atom stereocenters. The Labute approximate surface area is 171 Å². The van der Waals surface area contributed by atoms with Crippen molar-refractivity contribution in [2.45, 2.75) is 70.7 Å². The fraction of sp³-hybridized carbons (Fsp3) is 0.682. The lowest BCUT2D eigenvalue weighted by molar-refractivity contribution is -0.273. The van der Waals surface area contributed by atoms with Crippen LogP contribution in [-0.4, -0.2) is 53.4 Å². The van der Waals surface area contributed by atoms with Crippen LogP contribution in [0.15, 0.2) is 30.3 Å². The molecule has 0 radical (unpaired) electrons. The molecule has 2 N–H and O–H groups in total. The summed E-state index contributed by atoms with van der Waals surface area (Å²) in [5.41, 5.74) is -2.03. The SMILES string of the molecule is CCCC(C)(C)C(=O)NC[C@@H](Cc1ccccc1)N1CCC(O)(C(F)(F)F)CC1. The molecule has 0 aliphatic carbocycles. The third-order valence-corrected chi connectivity index (χ3v) is 5.97. The Morgan fingerprint density at radius 1 is 1.21 bits per heavy atom. The van der Waals surface area contributed by atoms with E-state index in [9.17, 15) is 23.1 Å². The average Bonchev–Trinajstić information content (AvgIpc) is 2.65. The monoisotopic (exact) mass is 414 g/mol. The molecule has 2 rings (SSSR count). The van der Waals surface area contributed by atoms with Crippen LogP contribution in [0.4, 0.5) is 13.2 Å². The summed E-state index contributed by atoms with van der Waals surface area (Å²) in [6.45, 7) is 6.49. The van der Waals surface area contributed by atoms with Crippen molar-refractivity contribution in [2.24, 2.45) is 5.41 Å². The molecule has 7 heteroatoms. The number of carbonyl (C=O) groups excluding carboxylic acids is 1. The van der Waals surface area contributed by atoms with E-state index < -0.39 is 17.2 Å². The highest BCUT2D eigenvalue weighted by molar-refractivity contribution is 5.81. The number of alkyl halides is 3. The zero-order valence-corrected chi connectivity index (χ0v) is 17.6. The molecule has 164 valence electrons. The standard InChI is InChI=1S/C22H33F3N2O2/c1-4-10-20(2,3)19(28)26-16-18(15-17-8-6-5-7-9-17)27-13-11-21(29,12-14-27)22(23,24)25/h5-9,18,29H,4,10-16H2,1-3H3,(H,26,28)/t18-/m1/s1. The van der Waals surface area contributed by atoms with Crippen molar-refractivity contribution in [1.29, 1.82) is 0 Å². The van der Waals surface area contributed by atoms with E-state index in [-0.39, 0.29) is 37.9 Å². The number of nitrogens with one attached hydrogen (secondary N) is 1. The molecular weight excluding hydrogens is 381 g/mol. The number of halogens is 3. The van der Waals surface area contributed by atoms with Gasteiger partial charge >= 0.3 is 6.18 Å². The molecule has 0 bridgehead atoms. The third kappa shape index (κ3) is 6.19. The maximum absolute atomic E-state index is 13.1. The van der Waals surface area contributed by atoms with Crippen LogP contribution in [-0.2, 0) is 11.2 Å². The van der Waals surface area contributed by atoms with Gasteiger partial charge in [0.15, 0.2) is 5.60 Å². The van der Waals surface area contributed by atoms with E-state index in [1.807, 2.05) is 56.0 Å². The molecular formula is C22H33F3N2O2. The van der Waals surface area contributed by atoms with Gasteiger partial charge in [-0.1, -0.05) is 57.5 Å². The predicted octanol–water partition coefficient (Wildman–Crippen LogP) is 3.93. The first-order valence-electron chi connectivity index (χ1n) is 10.3. The van der Waals surface area contributed by atoms with Crippen LogP contribution in [0.1, 0.15) is 52.0 Å². The van der Waals surface area contributed by atoms with Crippen molar-refractivity contribution < 1.29 is 23.1 Å². The van der Waals surface area contributed by atoms with E-state index in [1.54, 1.807) is 0 Å². The van der Waals surface area contributed by atoms with Crippen molar-refractivity contribution in [2.75, 3.05) is 19.6 Å². The van der Waals surface area contributed by atoms with Crippen LogP contribution in [0, 0.1) is 5.41 Å². The van der Waals surface area contributed by atoms with E-state index in [0.717, 1.165) is 18.4 Å². The average molecular weight is 415 g/mol. The highest BCUT2D eigenvalue weighted by atomic mass is 19.4. The molecule has 0 spiro atoms. The number of benzene rings is 1. The van der Waals surface area contributed by atoms with Gasteiger partial charge in [-0.15, -0.1) is 0 Å². The lowest BCUT2D eigenvalue weighted by atomic mass is 9.86. The lowest BCUT2D eigenvalue weighted by Crippen LogP contribution is -2.57. The highest BCUT2D eigenvalue weighted by Crippen LogP contribution is 2.38. The number of likely N-dealkylation sites (tertiary alicyclic amines) is 1. The van der Waals surface area contributed by atoms with Crippen LogP contribution in [0.5, 0.6) is 0 Å². The topological polar surface area (TPSA) is 52.6 Å². The van der Waals surface area contributed by atoms with Gasteiger partial charge < -0.3 is 10.4 Å². The zero-order valence-electron chi connectivity index (χ0n) is 17.6. The minimum Gasteiger partial charge on any atom is -0.380 e. The molecule has 1 heterocycles. The van der Waals surface area contributed by atoms with Crippen molar-refractivity contribution in [3.8, 4) is 0 Å². The largest absolute Gasteiger partial charge is 0.417 e. The first-order chi connectivity index (χ1) is 13.5. The van der Waals surface area contributed by atoms with Crippen LogP contribution in [0.2, 0.25) is 0 Å². The zero-order chi connectivity index (χ0) is 21.7. The summed E-state index contributed by atoms with van der Waals surface area (Å²) in [4.78, 5) is 14.6. The molecule has 0 aromatic heterocycles. The number of nitrogens with zero attached hydrogens (tertiary/aromatic N) is 1. The van der Waals surface area contributed by atoms with Gasteiger partial charge in [0, 0.05) is 31.1 Å². The van der Waals surface area contributed by atoms with Gasteiger partial charge in [0.05, 0.1) is 0 Å². The van der Waals surface area contributed by atoms with Crippen molar-refractivity contribution in [1.82, 2.24) is 10.2 Å². The number of rotatable bonds is 8. The molecule has 1 aromatic rings. The summed E-state index contributed by atoms with van der Waals surface area (Å²) in [6, 6.07) is 9.59. The van der Waals surface area contributed by atoms with Gasteiger partial charge in [-0.05, 0) is 31.2 Å². The molecule has 29 heavy (non-hydrogen) atoms. The van der Waals surface area contributed by atoms with Gasteiger partial charge in [0.25, 0.3) is 0 Å². The Hall–Kier alpha value is -1.60. The summed E-state index contributed by atoms with van der Waals surface area (Å²) in [6.07, 6.45) is -3.03. The number of piperidine rings is 1. The summed E-state index contributed by atoms with van der Waals surface area (Å²) in [5, 5.41) is 13.0. The summed E-state index contributed by atoms with van der Waals surface area (Å²) in [5.74, 6) is -0.0405. The van der Waals surface area contributed by atoms with Gasteiger partial charge in [0.2, 0.25) is 5.91 Å². The Balaban J connectivity index is 2.07. The number of hydrogen-bond acceptors (Lipinski definition) is 3.